The number of hydrogen-bond donors (Lipinski definition) is 1. The van der Waals surface area contributed by atoms with E-state index in [1.165, 1.54) is 24.1 Å². The molecule has 2 nitrogen and oxygen atoms in total. The molecule has 0 aliphatic heterocycles. The minimum Gasteiger partial charge on any atom is -0.285 e. The van der Waals surface area contributed by atoms with Gasteiger partial charge in [0.1, 0.15) is 0 Å². The van der Waals surface area contributed by atoms with Gasteiger partial charge in [-0.1, -0.05) is 6.58 Å². The molecule has 0 bridgehead atoms. The lowest BCUT2D eigenvalue weighted by Crippen LogP contribution is -1.84. The van der Waals surface area contributed by atoms with Gasteiger partial charge >= 0.3 is 0 Å². The second kappa shape index (κ2) is 2.22. The maximum Gasteiger partial charge on any atom is 0.0727 e. The Bertz CT molecular complexity index is 282. The van der Waals surface area contributed by atoms with Gasteiger partial charge in [0.05, 0.1) is 5.69 Å². The van der Waals surface area contributed by atoms with Crippen LogP contribution in [0.2, 0.25) is 0 Å². The van der Waals surface area contributed by atoms with Gasteiger partial charge < -0.3 is 0 Å². The molecule has 1 aromatic heterocycles. The average Bonchev–Trinajstić information content (AvgIpc) is 2.68. The van der Waals surface area contributed by atoms with Crippen LogP contribution >= 0.6 is 0 Å². The summed E-state index contributed by atoms with van der Waals surface area (Å²) in [7, 11) is 0. The van der Waals surface area contributed by atoms with E-state index in [0.717, 1.165) is 5.57 Å². The monoisotopic (exact) mass is 148 g/mol. The van der Waals surface area contributed by atoms with Gasteiger partial charge in [-0.2, -0.15) is 5.10 Å². The van der Waals surface area contributed by atoms with E-state index < -0.39 is 0 Å². The molecule has 0 aromatic carbocycles. The van der Waals surface area contributed by atoms with Gasteiger partial charge in [-0.05, 0) is 25.3 Å². The maximum absolute atomic E-state index is 4.21. The summed E-state index contributed by atoms with van der Waals surface area (Å²) in [4.78, 5) is 0. The van der Waals surface area contributed by atoms with E-state index in [4.69, 9.17) is 0 Å². The molecular formula is C9H12N2. The Kier molecular flexibility index (Phi) is 1.34. The largest absolute Gasteiger partial charge is 0.285 e. The van der Waals surface area contributed by atoms with E-state index in [9.17, 15) is 0 Å². The molecule has 0 spiro atoms. The molecule has 2 heteroatoms. The first-order chi connectivity index (χ1) is 5.29. The zero-order valence-electron chi connectivity index (χ0n) is 6.72. The van der Waals surface area contributed by atoms with E-state index >= 15 is 0 Å². The molecule has 0 amide bonds. The van der Waals surface area contributed by atoms with Gasteiger partial charge in [0.2, 0.25) is 0 Å². The number of allylic oxidation sites excluding steroid dienone is 1. The van der Waals surface area contributed by atoms with Crippen LogP contribution in [-0.4, -0.2) is 10.2 Å². The lowest BCUT2D eigenvalue weighted by atomic mass is 10.1. The molecule has 0 radical (unpaired) electrons. The minimum absolute atomic E-state index is 0.716. The summed E-state index contributed by atoms with van der Waals surface area (Å²) >= 11 is 0. The van der Waals surface area contributed by atoms with Crippen molar-refractivity contribution in [2.75, 3.05) is 0 Å². The van der Waals surface area contributed by atoms with Crippen LogP contribution < -0.4 is 0 Å². The maximum atomic E-state index is 4.21. The van der Waals surface area contributed by atoms with E-state index in [1.54, 1.807) is 0 Å². The first-order valence-electron chi connectivity index (χ1n) is 3.98. The van der Waals surface area contributed by atoms with Crippen molar-refractivity contribution in [3.05, 3.63) is 24.0 Å². The summed E-state index contributed by atoms with van der Waals surface area (Å²) in [6, 6.07) is 0. The molecule has 58 valence electrons. The lowest BCUT2D eigenvalue weighted by molar-refractivity contribution is 0.963. The Labute approximate surface area is 66.3 Å². The summed E-state index contributed by atoms with van der Waals surface area (Å²) in [6.45, 7) is 5.93. The Morgan fingerprint density at radius 2 is 2.45 bits per heavy atom. The zero-order chi connectivity index (χ0) is 7.84. The van der Waals surface area contributed by atoms with Crippen LogP contribution in [-0.2, 0) is 0 Å². The van der Waals surface area contributed by atoms with Crippen LogP contribution in [0.3, 0.4) is 0 Å². The van der Waals surface area contributed by atoms with Crippen LogP contribution in [0, 0.1) is 0 Å². The first kappa shape index (κ1) is 6.65. The Hall–Kier alpha value is -1.05. The molecular weight excluding hydrogens is 136 g/mol. The second-order valence-electron chi connectivity index (χ2n) is 3.24. The third kappa shape index (κ3) is 1.09. The van der Waals surface area contributed by atoms with E-state index in [0.29, 0.717) is 5.92 Å². The molecule has 1 N–H and O–H groups in total. The number of rotatable bonds is 2. The standard InChI is InChI=1S/C9H12N2/c1-6(2)8-5-10-11-9(8)7-3-4-7/h5,7H,1,3-4H2,2H3,(H,10,11). The SMILES string of the molecule is C=C(C)c1c[nH]nc1C1CC1. The topological polar surface area (TPSA) is 28.7 Å². The summed E-state index contributed by atoms with van der Waals surface area (Å²) < 4.78 is 0. The molecule has 1 aliphatic carbocycles. The van der Waals surface area contributed by atoms with E-state index in [1.807, 2.05) is 13.1 Å². The van der Waals surface area contributed by atoms with Crippen molar-refractivity contribution in [1.29, 1.82) is 0 Å². The van der Waals surface area contributed by atoms with Crippen molar-refractivity contribution in [2.45, 2.75) is 25.7 Å². The highest BCUT2D eigenvalue weighted by molar-refractivity contribution is 5.63. The molecule has 1 aromatic rings. The van der Waals surface area contributed by atoms with Crippen LogP contribution in [0.25, 0.3) is 5.57 Å². The number of aromatic nitrogens is 2. The Morgan fingerprint density at radius 3 is 3.00 bits per heavy atom. The van der Waals surface area contributed by atoms with Gasteiger partial charge in [0.25, 0.3) is 0 Å². The van der Waals surface area contributed by atoms with Crippen molar-refractivity contribution in [2.24, 2.45) is 0 Å². The van der Waals surface area contributed by atoms with Gasteiger partial charge in [-0.25, -0.2) is 0 Å². The highest BCUT2D eigenvalue weighted by Crippen LogP contribution is 2.41. The number of hydrogen-bond acceptors (Lipinski definition) is 1. The minimum atomic E-state index is 0.716. The third-order valence-corrected chi connectivity index (χ3v) is 2.09. The normalized spacial score (nSPS) is 16.8. The highest BCUT2D eigenvalue weighted by atomic mass is 15.1. The van der Waals surface area contributed by atoms with Crippen molar-refractivity contribution < 1.29 is 0 Å². The summed E-state index contributed by atoms with van der Waals surface area (Å²) in [5.74, 6) is 0.716. The first-order valence-corrected chi connectivity index (χ1v) is 3.98. The fraction of sp³-hybridized carbons (Fsp3) is 0.444. The second-order valence-corrected chi connectivity index (χ2v) is 3.24. The quantitative estimate of drug-likeness (QED) is 0.685. The third-order valence-electron chi connectivity index (χ3n) is 2.09. The number of H-pyrrole nitrogens is 1. The number of aromatic amines is 1. The molecule has 1 heterocycles. The molecule has 1 fully saturated rings. The van der Waals surface area contributed by atoms with Gasteiger partial charge in [0, 0.05) is 17.7 Å². The average molecular weight is 148 g/mol. The lowest BCUT2D eigenvalue weighted by Gasteiger charge is -1.96. The van der Waals surface area contributed by atoms with Gasteiger partial charge in [-0.15, -0.1) is 0 Å². The Balaban J connectivity index is 2.37. The van der Waals surface area contributed by atoms with Crippen molar-refractivity contribution in [3.63, 3.8) is 0 Å². The summed E-state index contributed by atoms with van der Waals surface area (Å²) in [5, 5.41) is 7.10. The molecule has 11 heavy (non-hydrogen) atoms. The van der Waals surface area contributed by atoms with Crippen LogP contribution in [0.1, 0.15) is 36.9 Å². The number of nitrogens with one attached hydrogen (secondary N) is 1. The predicted molar refractivity (Wildman–Crippen MR) is 45.3 cm³/mol. The predicted octanol–water partition coefficient (Wildman–Crippen LogP) is 2.32. The molecule has 0 atom stereocenters. The fourth-order valence-corrected chi connectivity index (χ4v) is 1.31. The van der Waals surface area contributed by atoms with Crippen LogP contribution in [0.4, 0.5) is 0 Å². The molecule has 1 saturated carbocycles. The summed E-state index contributed by atoms with van der Waals surface area (Å²) in [5.41, 5.74) is 3.55. The van der Waals surface area contributed by atoms with Crippen molar-refractivity contribution in [1.82, 2.24) is 10.2 Å². The van der Waals surface area contributed by atoms with Crippen LogP contribution in [0.15, 0.2) is 12.8 Å². The van der Waals surface area contributed by atoms with Gasteiger partial charge in [-0.3, -0.25) is 5.10 Å². The van der Waals surface area contributed by atoms with Crippen molar-refractivity contribution in [3.8, 4) is 0 Å². The van der Waals surface area contributed by atoms with E-state index in [-0.39, 0.29) is 0 Å². The van der Waals surface area contributed by atoms with Gasteiger partial charge in [0.15, 0.2) is 0 Å². The molecule has 0 unspecified atom stereocenters. The highest BCUT2D eigenvalue weighted by Gasteiger charge is 2.28. The van der Waals surface area contributed by atoms with Crippen molar-refractivity contribution >= 4 is 5.57 Å². The smallest absolute Gasteiger partial charge is 0.0727 e. The summed E-state index contributed by atoms with van der Waals surface area (Å²) in [6.07, 6.45) is 4.53. The molecule has 2 rings (SSSR count). The van der Waals surface area contributed by atoms with Crippen LogP contribution in [0.5, 0.6) is 0 Å². The fourth-order valence-electron chi connectivity index (χ4n) is 1.31. The molecule has 0 saturated heterocycles. The zero-order valence-corrected chi connectivity index (χ0v) is 6.72. The Morgan fingerprint density at radius 1 is 1.73 bits per heavy atom. The van der Waals surface area contributed by atoms with E-state index in [2.05, 4.69) is 16.8 Å². The number of nitrogens with zero attached hydrogens (tertiary/aromatic N) is 1. The molecule has 1 aliphatic rings.